The Morgan fingerprint density at radius 2 is 2.21 bits per heavy atom. The molecular weight excluding hydrogens is 305 g/mol. The summed E-state index contributed by atoms with van der Waals surface area (Å²) in [5.74, 6) is 0.716. The molecule has 0 radical (unpaired) electrons. The number of hydrogen-bond donors (Lipinski definition) is 1. The maximum absolute atomic E-state index is 13.9. The smallest absolute Gasteiger partial charge is 0.213 e. The number of fused-ring (bicyclic) bond motifs is 1. The maximum Gasteiger partial charge on any atom is 0.213 e. The lowest BCUT2D eigenvalue weighted by Gasteiger charge is -2.22. The van der Waals surface area contributed by atoms with E-state index in [0.29, 0.717) is 17.4 Å². The Labute approximate surface area is 140 Å². The zero-order valence-electron chi connectivity index (χ0n) is 13.3. The number of halogens is 1. The van der Waals surface area contributed by atoms with E-state index in [1.54, 1.807) is 12.1 Å². The lowest BCUT2D eigenvalue weighted by Crippen LogP contribution is -2.32. The van der Waals surface area contributed by atoms with Crippen LogP contribution in [0.15, 0.2) is 36.4 Å². The van der Waals surface area contributed by atoms with Crippen molar-refractivity contribution in [3.05, 3.63) is 59.0 Å². The predicted molar refractivity (Wildman–Crippen MR) is 87.0 cm³/mol. The second-order valence-electron chi connectivity index (χ2n) is 6.54. The molecule has 2 fully saturated rings. The van der Waals surface area contributed by atoms with Gasteiger partial charge in [-0.25, -0.2) is 9.37 Å². The molecule has 2 aromatic rings. The van der Waals surface area contributed by atoms with E-state index in [0.717, 1.165) is 25.2 Å². The summed E-state index contributed by atoms with van der Waals surface area (Å²) in [7, 11) is 0. The Morgan fingerprint density at radius 1 is 1.33 bits per heavy atom. The van der Waals surface area contributed by atoms with E-state index in [4.69, 9.17) is 10.00 Å². The highest BCUT2D eigenvalue weighted by Gasteiger charge is 2.57. The fourth-order valence-electron chi connectivity index (χ4n) is 3.71. The van der Waals surface area contributed by atoms with Crippen LogP contribution in [0.25, 0.3) is 0 Å². The molecule has 1 saturated heterocycles. The third kappa shape index (κ3) is 2.53. The normalized spacial score (nSPS) is 24.8. The molecule has 122 valence electrons. The van der Waals surface area contributed by atoms with Gasteiger partial charge in [-0.05, 0) is 50.0 Å². The maximum atomic E-state index is 13.9. The van der Waals surface area contributed by atoms with Gasteiger partial charge in [-0.15, -0.1) is 0 Å². The minimum absolute atomic E-state index is 0.00397. The summed E-state index contributed by atoms with van der Waals surface area (Å²) in [4.78, 5) is 4.65. The van der Waals surface area contributed by atoms with Gasteiger partial charge in [0.05, 0.1) is 17.3 Å². The van der Waals surface area contributed by atoms with Gasteiger partial charge in [-0.2, -0.15) is 5.26 Å². The third-order valence-corrected chi connectivity index (χ3v) is 5.21. The molecule has 1 aromatic heterocycles. The molecule has 0 bridgehead atoms. The van der Waals surface area contributed by atoms with Crippen LogP contribution in [0, 0.1) is 23.1 Å². The van der Waals surface area contributed by atoms with Crippen molar-refractivity contribution >= 4 is 0 Å². The van der Waals surface area contributed by atoms with Gasteiger partial charge in [0.25, 0.3) is 0 Å². The SMILES string of the molecule is N#Cc1cccc(F)c1COc1cccc(C23CCNCC2C3)n1. The Morgan fingerprint density at radius 3 is 3.04 bits per heavy atom. The van der Waals surface area contributed by atoms with Crippen molar-refractivity contribution in [1.82, 2.24) is 10.3 Å². The lowest BCUT2D eigenvalue weighted by atomic mass is 9.92. The Bertz CT molecular complexity index is 816. The van der Waals surface area contributed by atoms with Gasteiger partial charge < -0.3 is 10.1 Å². The molecular formula is C19H18FN3O. The topological polar surface area (TPSA) is 57.9 Å². The van der Waals surface area contributed by atoms with E-state index in [1.165, 1.54) is 18.6 Å². The molecule has 1 saturated carbocycles. The first-order chi connectivity index (χ1) is 11.7. The molecule has 0 amide bonds. The van der Waals surface area contributed by atoms with E-state index in [1.807, 2.05) is 12.1 Å². The number of pyridine rings is 1. The second-order valence-corrected chi connectivity index (χ2v) is 6.54. The van der Waals surface area contributed by atoms with Crippen molar-refractivity contribution in [3.63, 3.8) is 0 Å². The standard InChI is InChI=1S/C19H18FN3O/c20-16-4-1-3-13(10-21)15(16)12-24-18-6-2-5-17(23-18)19-7-8-22-11-14(19)9-19/h1-6,14,22H,7-9,11-12H2. The zero-order chi connectivity index (χ0) is 16.6. The first-order valence-corrected chi connectivity index (χ1v) is 8.21. The van der Waals surface area contributed by atoms with Crippen LogP contribution in [-0.2, 0) is 12.0 Å². The molecule has 2 heterocycles. The van der Waals surface area contributed by atoms with E-state index < -0.39 is 5.82 Å². The van der Waals surface area contributed by atoms with Crippen molar-refractivity contribution in [2.45, 2.75) is 24.9 Å². The molecule has 2 unspecified atom stereocenters. The fraction of sp³-hybridized carbons (Fsp3) is 0.368. The molecule has 1 aliphatic heterocycles. The van der Waals surface area contributed by atoms with Crippen LogP contribution in [-0.4, -0.2) is 18.1 Å². The Hall–Kier alpha value is -2.45. The van der Waals surface area contributed by atoms with Gasteiger partial charge in [0.15, 0.2) is 0 Å². The summed E-state index contributed by atoms with van der Waals surface area (Å²) in [6.07, 6.45) is 2.27. The molecule has 24 heavy (non-hydrogen) atoms. The first-order valence-electron chi connectivity index (χ1n) is 8.21. The van der Waals surface area contributed by atoms with Gasteiger partial charge in [-0.1, -0.05) is 12.1 Å². The lowest BCUT2D eigenvalue weighted by molar-refractivity contribution is 0.285. The van der Waals surface area contributed by atoms with Gasteiger partial charge in [0, 0.05) is 17.0 Å². The highest BCUT2D eigenvalue weighted by atomic mass is 19.1. The first kappa shape index (κ1) is 15.1. The molecule has 2 atom stereocenters. The molecule has 2 aliphatic rings. The highest BCUT2D eigenvalue weighted by molar-refractivity contribution is 5.38. The number of nitriles is 1. The molecule has 1 aromatic carbocycles. The van der Waals surface area contributed by atoms with Crippen LogP contribution in [0.2, 0.25) is 0 Å². The van der Waals surface area contributed by atoms with Crippen LogP contribution >= 0.6 is 0 Å². The number of benzene rings is 1. The molecule has 1 aliphatic carbocycles. The monoisotopic (exact) mass is 323 g/mol. The summed E-state index contributed by atoms with van der Waals surface area (Å²) in [5, 5.41) is 12.5. The van der Waals surface area contributed by atoms with Crippen LogP contribution in [0.3, 0.4) is 0 Å². The van der Waals surface area contributed by atoms with Crippen molar-refractivity contribution in [2.24, 2.45) is 5.92 Å². The van der Waals surface area contributed by atoms with E-state index in [-0.39, 0.29) is 17.6 Å². The zero-order valence-corrected chi connectivity index (χ0v) is 13.3. The Kier molecular flexibility index (Phi) is 3.70. The van der Waals surface area contributed by atoms with Gasteiger partial charge >= 0.3 is 0 Å². The number of aromatic nitrogens is 1. The minimum Gasteiger partial charge on any atom is -0.473 e. The van der Waals surface area contributed by atoms with Crippen molar-refractivity contribution in [3.8, 4) is 11.9 Å². The summed E-state index contributed by atoms with van der Waals surface area (Å²) in [5.41, 5.74) is 1.84. The third-order valence-electron chi connectivity index (χ3n) is 5.21. The fourth-order valence-corrected chi connectivity index (χ4v) is 3.71. The molecule has 0 spiro atoms. The van der Waals surface area contributed by atoms with Gasteiger partial charge in [-0.3, -0.25) is 0 Å². The molecule has 4 rings (SSSR count). The number of piperidine rings is 1. The van der Waals surface area contributed by atoms with Crippen LogP contribution in [0.5, 0.6) is 5.88 Å². The van der Waals surface area contributed by atoms with Crippen LogP contribution in [0.1, 0.15) is 29.7 Å². The van der Waals surface area contributed by atoms with Crippen molar-refractivity contribution in [1.29, 1.82) is 5.26 Å². The average molecular weight is 323 g/mol. The van der Waals surface area contributed by atoms with E-state index in [9.17, 15) is 4.39 Å². The minimum atomic E-state index is -0.426. The van der Waals surface area contributed by atoms with Crippen LogP contribution < -0.4 is 10.1 Å². The highest BCUT2D eigenvalue weighted by Crippen LogP contribution is 2.57. The van der Waals surface area contributed by atoms with Gasteiger partial charge in [0.2, 0.25) is 5.88 Å². The quantitative estimate of drug-likeness (QED) is 0.940. The number of ether oxygens (including phenoxy) is 1. The van der Waals surface area contributed by atoms with E-state index in [2.05, 4.69) is 16.4 Å². The molecule has 4 nitrogen and oxygen atoms in total. The van der Waals surface area contributed by atoms with Gasteiger partial charge in [0.1, 0.15) is 12.4 Å². The number of nitrogens with one attached hydrogen (secondary N) is 1. The second kappa shape index (κ2) is 5.88. The molecule has 1 N–H and O–H groups in total. The summed E-state index contributed by atoms with van der Waals surface area (Å²) >= 11 is 0. The summed E-state index contributed by atoms with van der Waals surface area (Å²) in [6.45, 7) is 2.07. The number of hydrogen-bond acceptors (Lipinski definition) is 4. The van der Waals surface area contributed by atoms with Crippen LogP contribution in [0.4, 0.5) is 4.39 Å². The number of nitrogens with zero attached hydrogens (tertiary/aromatic N) is 2. The predicted octanol–water partition coefficient (Wildman–Crippen LogP) is 2.92. The summed E-state index contributed by atoms with van der Waals surface area (Å²) in [6, 6.07) is 12.2. The molecule has 5 heteroatoms. The van der Waals surface area contributed by atoms with Crippen molar-refractivity contribution < 1.29 is 9.13 Å². The average Bonchev–Trinajstić information content (AvgIpc) is 3.37. The largest absolute Gasteiger partial charge is 0.473 e. The number of rotatable bonds is 4. The van der Waals surface area contributed by atoms with Crippen molar-refractivity contribution in [2.75, 3.05) is 13.1 Å². The Balaban J connectivity index is 1.53. The summed E-state index contributed by atoms with van der Waals surface area (Å²) < 4.78 is 19.6. The van der Waals surface area contributed by atoms with E-state index >= 15 is 0 Å².